The van der Waals surface area contributed by atoms with Gasteiger partial charge in [0.15, 0.2) is 0 Å². The molecule has 4 rings (SSSR count). The van der Waals surface area contributed by atoms with Gasteiger partial charge in [0.05, 0.1) is 31.7 Å². The Morgan fingerprint density at radius 3 is 3.18 bits per heavy atom. The molecule has 1 spiro atoms. The fourth-order valence-corrected chi connectivity index (χ4v) is 4.53. The number of carbonyl (C=O) groups is 2. The van der Waals surface area contributed by atoms with Gasteiger partial charge in [-0.05, 0) is 18.4 Å². The molecule has 0 saturated carbocycles. The second kappa shape index (κ2) is 4.93. The van der Waals surface area contributed by atoms with Gasteiger partial charge >= 0.3 is 5.97 Å². The Labute approximate surface area is 132 Å². The van der Waals surface area contributed by atoms with E-state index < -0.39 is 17.4 Å². The molecular weight excluding hydrogens is 302 g/mol. The Kier molecular flexibility index (Phi) is 3.13. The third-order valence-corrected chi connectivity index (χ3v) is 5.53. The van der Waals surface area contributed by atoms with Crippen LogP contribution >= 0.6 is 11.3 Å². The first-order valence-corrected chi connectivity index (χ1v) is 8.37. The van der Waals surface area contributed by atoms with Gasteiger partial charge in [-0.25, -0.2) is 0 Å². The zero-order valence-electron chi connectivity index (χ0n) is 12.2. The van der Waals surface area contributed by atoms with E-state index in [-0.39, 0.29) is 18.0 Å². The number of rotatable bonds is 4. The van der Waals surface area contributed by atoms with Crippen LogP contribution in [-0.4, -0.2) is 41.6 Å². The van der Waals surface area contributed by atoms with Gasteiger partial charge < -0.3 is 14.4 Å². The lowest BCUT2D eigenvalue weighted by atomic mass is 9.77. The zero-order chi connectivity index (χ0) is 15.3. The number of amides is 1. The van der Waals surface area contributed by atoms with E-state index in [0.717, 1.165) is 4.88 Å². The molecule has 3 aliphatic heterocycles. The molecule has 4 heterocycles. The molecule has 116 valence electrons. The van der Waals surface area contributed by atoms with Crippen LogP contribution in [0.25, 0.3) is 0 Å². The minimum atomic E-state index is -0.642. The Balaban J connectivity index is 1.61. The van der Waals surface area contributed by atoms with Crippen molar-refractivity contribution in [2.75, 3.05) is 13.2 Å². The number of esters is 1. The summed E-state index contributed by atoms with van der Waals surface area (Å²) in [5, 5.41) is 2.00. The Morgan fingerprint density at radius 1 is 1.59 bits per heavy atom. The number of thiophene rings is 1. The second-order valence-corrected chi connectivity index (χ2v) is 6.96. The van der Waals surface area contributed by atoms with Gasteiger partial charge in [-0.3, -0.25) is 9.59 Å². The minimum Gasteiger partial charge on any atom is -0.466 e. The van der Waals surface area contributed by atoms with Gasteiger partial charge in [0.2, 0.25) is 5.91 Å². The smallest absolute Gasteiger partial charge is 0.312 e. The molecule has 2 bridgehead atoms. The van der Waals surface area contributed by atoms with E-state index >= 15 is 0 Å². The molecule has 6 heteroatoms. The topological polar surface area (TPSA) is 55.8 Å². The average molecular weight is 319 g/mol. The van der Waals surface area contributed by atoms with Crippen LogP contribution in [0.5, 0.6) is 0 Å². The number of ether oxygens (including phenoxy) is 2. The number of likely N-dealkylation sites (tertiary alicyclic amines) is 1. The standard InChI is InChI=1S/C16H17NO4S/c1-2-20-15(19)12-11-5-6-16(21-11)9-17(14(18)13(12)16)8-10-4-3-7-22-10/h3-7,11-13H,2,8-9H2,1H3/t11-,12-,13+,16+/m1/s1. The molecule has 0 N–H and O–H groups in total. The molecule has 1 amide bonds. The maximum absolute atomic E-state index is 12.8. The van der Waals surface area contributed by atoms with Crippen molar-refractivity contribution in [3.8, 4) is 0 Å². The van der Waals surface area contributed by atoms with Gasteiger partial charge in [0.1, 0.15) is 11.5 Å². The van der Waals surface area contributed by atoms with Crippen molar-refractivity contribution in [1.29, 1.82) is 0 Å². The third kappa shape index (κ3) is 1.87. The molecule has 0 aliphatic carbocycles. The molecule has 0 aromatic carbocycles. The fraction of sp³-hybridized carbons (Fsp3) is 0.500. The van der Waals surface area contributed by atoms with Crippen molar-refractivity contribution in [3.05, 3.63) is 34.5 Å². The third-order valence-electron chi connectivity index (χ3n) is 4.66. The maximum atomic E-state index is 12.8. The van der Waals surface area contributed by atoms with Crippen molar-refractivity contribution >= 4 is 23.2 Å². The second-order valence-electron chi connectivity index (χ2n) is 5.93. The lowest BCUT2D eigenvalue weighted by Gasteiger charge is -2.22. The average Bonchev–Trinajstić information content (AvgIpc) is 3.23. The molecule has 1 aromatic rings. The fourth-order valence-electron chi connectivity index (χ4n) is 3.81. The zero-order valence-corrected chi connectivity index (χ0v) is 13.0. The van der Waals surface area contributed by atoms with E-state index in [0.29, 0.717) is 19.7 Å². The van der Waals surface area contributed by atoms with Crippen molar-refractivity contribution in [3.63, 3.8) is 0 Å². The summed E-state index contributed by atoms with van der Waals surface area (Å²) in [4.78, 5) is 28.0. The number of hydrogen-bond acceptors (Lipinski definition) is 5. The first-order chi connectivity index (χ1) is 10.6. The lowest BCUT2D eigenvalue weighted by molar-refractivity contribution is -0.153. The van der Waals surface area contributed by atoms with Crippen LogP contribution in [0.3, 0.4) is 0 Å². The van der Waals surface area contributed by atoms with Crippen LogP contribution in [0.1, 0.15) is 11.8 Å². The largest absolute Gasteiger partial charge is 0.466 e. The van der Waals surface area contributed by atoms with E-state index in [1.165, 1.54) is 0 Å². The monoisotopic (exact) mass is 319 g/mol. The van der Waals surface area contributed by atoms with Gasteiger partial charge in [-0.15, -0.1) is 11.3 Å². The van der Waals surface area contributed by atoms with E-state index in [9.17, 15) is 9.59 Å². The van der Waals surface area contributed by atoms with E-state index in [1.54, 1.807) is 23.2 Å². The summed E-state index contributed by atoms with van der Waals surface area (Å²) in [5.74, 6) is -1.28. The lowest BCUT2D eigenvalue weighted by Crippen LogP contribution is -2.39. The first kappa shape index (κ1) is 14.0. The van der Waals surface area contributed by atoms with Gasteiger partial charge in [-0.2, -0.15) is 0 Å². The summed E-state index contributed by atoms with van der Waals surface area (Å²) in [6.45, 7) is 3.18. The van der Waals surface area contributed by atoms with Crippen LogP contribution in [0.2, 0.25) is 0 Å². The predicted octanol–water partition coefficient (Wildman–Crippen LogP) is 1.59. The van der Waals surface area contributed by atoms with Crippen molar-refractivity contribution in [2.24, 2.45) is 11.8 Å². The Morgan fingerprint density at radius 2 is 2.45 bits per heavy atom. The van der Waals surface area contributed by atoms with Gasteiger partial charge in [-0.1, -0.05) is 18.2 Å². The highest BCUT2D eigenvalue weighted by molar-refractivity contribution is 7.09. The SMILES string of the molecule is CCOC(=O)[C@H]1[C@H]2C(=O)N(Cc3cccs3)C[C@@]23C=C[C@H]1O3. The maximum Gasteiger partial charge on any atom is 0.312 e. The molecule has 1 aromatic heterocycles. The van der Waals surface area contributed by atoms with Gasteiger partial charge in [0, 0.05) is 4.88 Å². The van der Waals surface area contributed by atoms with Crippen LogP contribution in [-0.2, 0) is 25.6 Å². The normalized spacial score (nSPS) is 35.2. The Hall–Kier alpha value is -1.66. The molecule has 5 nitrogen and oxygen atoms in total. The quantitative estimate of drug-likeness (QED) is 0.625. The van der Waals surface area contributed by atoms with E-state index in [4.69, 9.17) is 9.47 Å². The summed E-state index contributed by atoms with van der Waals surface area (Å²) < 4.78 is 11.2. The number of carbonyl (C=O) groups excluding carboxylic acids is 2. The Bertz CT molecular complexity index is 641. The number of fused-ring (bicyclic) bond motifs is 1. The molecule has 2 saturated heterocycles. The highest BCUT2D eigenvalue weighted by atomic mass is 32.1. The van der Waals surface area contributed by atoms with Crippen LogP contribution in [0.4, 0.5) is 0 Å². The molecule has 2 fully saturated rings. The molecule has 0 radical (unpaired) electrons. The van der Waals surface area contributed by atoms with E-state index in [1.807, 2.05) is 29.7 Å². The summed E-state index contributed by atoms with van der Waals surface area (Å²) in [6, 6.07) is 3.99. The predicted molar refractivity (Wildman–Crippen MR) is 80.1 cm³/mol. The summed E-state index contributed by atoms with van der Waals surface area (Å²) in [7, 11) is 0. The van der Waals surface area contributed by atoms with Crippen molar-refractivity contribution in [2.45, 2.75) is 25.2 Å². The van der Waals surface area contributed by atoms with Gasteiger partial charge in [0.25, 0.3) is 0 Å². The molecule has 3 aliphatic rings. The van der Waals surface area contributed by atoms with Crippen LogP contribution in [0, 0.1) is 11.8 Å². The summed E-state index contributed by atoms with van der Waals surface area (Å²) in [5.41, 5.74) is -0.642. The number of nitrogens with zero attached hydrogens (tertiary/aromatic N) is 1. The van der Waals surface area contributed by atoms with E-state index in [2.05, 4.69) is 0 Å². The molecule has 22 heavy (non-hydrogen) atoms. The van der Waals surface area contributed by atoms with Crippen LogP contribution < -0.4 is 0 Å². The van der Waals surface area contributed by atoms with Crippen LogP contribution in [0.15, 0.2) is 29.7 Å². The first-order valence-electron chi connectivity index (χ1n) is 7.49. The van der Waals surface area contributed by atoms with Crippen molar-refractivity contribution < 1.29 is 19.1 Å². The molecular formula is C16H17NO4S. The molecule has 4 atom stereocenters. The highest BCUT2D eigenvalue weighted by Crippen LogP contribution is 2.52. The molecule has 0 unspecified atom stereocenters. The highest BCUT2D eigenvalue weighted by Gasteiger charge is 2.67. The van der Waals surface area contributed by atoms with Crippen molar-refractivity contribution in [1.82, 2.24) is 4.90 Å². The number of hydrogen-bond donors (Lipinski definition) is 0. The summed E-state index contributed by atoms with van der Waals surface area (Å²) in [6.07, 6.45) is 3.54. The minimum absolute atomic E-state index is 0.00157. The summed E-state index contributed by atoms with van der Waals surface area (Å²) >= 11 is 1.63.